The Morgan fingerprint density at radius 2 is 0.922 bits per heavy atom. The van der Waals surface area contributed by atoms with E-state index in [4.69, 9.17) is 20.3 Å². The van der Waals surface area contributed by atoms with Crippen LogP contribution in [0.4, 0.5) is 0 Å². The minimum absolute atomic E-state index is 0.161. The molecule has 0 aliphatic heterocycles. The number of nitrogens with one attached hydrogen (secondary N) is 2. The first-order valence-corrected chi connectivity index (χ1v) is 18.1. The predicted molar refractivity (Wildman–Crippen MR) is 207 cm³/mol. The first-order chi connectivity index (χ1) is 23.7. The highest BCUT2D eigenvalue weighted by Gasteiger charge is 2.22. The van der Waals surface area contributed by atoms with Crippen LogP contribution in [0.3, 0.4) is 0 Å². The van der Waals surface area contributed by atoms with Crippen molar-refractivity contribution in [3.8, 4) is 0 Å². The molecule has 5 N–H and O–H groups in total. The van der Waals surface area contributed by atoms with Gasteiger partial charge in [0.05, 0.1) is 0 Å². The first kappa shape index (κ1) is 49.5. The van der Waals surface area contributed by atoms with E-state index in [1.807, 2.05) is 116 Å². The van der Waals surface area contributed by atoms with Gasteiger partial charge in [-0.1, -0.05) is 130 Å². The van der Waals surface area contributed by atoms with Crippen molar-refractivity contribution in [2.24, 2.45) is 23.5 Å². The van der Waals surface area contributed by atoms with Gasteiger partial charge < -0.3 is 35.7 Å². The summed E-state index contributed by atoms with van der Waals surface area (Å²) in [7, 11) is 0. The summed E-state index contributed by atoms with van der Waals surface area (Å²) in [5.74, 6) is 0.207. The van der Waals surface area contributed by atoms with Crippen LogP contribution in [0.5, 0.6) is 0 Å². The maximum Gasteiger partial charge on any atom is 0.323 e. The molecule has 3 atom stereocenters. The number of hydrogen-bond acceptors (Lipinski definition) is 9. The van der Waals surface area contributed by atoms with Crippen molar-refractivity contribution in [3.63, 3.8) is 0 Å². The number of ketones is 1. The van der Waals surface area contributed by atoms with Gasteiger partial charge in [-0.25, -0.2) is 0 Å². The normalized spacial score (nSPS) is 12.4. The molecule has 290 valence electrons. The fourth-order valence-corrected chi connectivity index (χ4v) is 4.49. The zero-order valence-electron chi connectivity index (χ0n) is 33.4. The minimum atomic E-state index is -0.752. The van der Waals surface area contributed by atoms with Crippen molar-refractivity contribution in [3.05, 3.63) is 71.8 Å². The fraction of sp³-hybridized carbons (Fsp3) is 0.610. The van der Waals surface area contributed by atoms with E-state index < -0.39 is 18.1 Å². The number of nitrogens with two attached hydrogens (primary N) is 1. The van der Waals surface area contributed by atoms with Crippen LogP contribution in [0.2, 0.25) is 0 Å². The number of benzene rings is 2. The summed E-state index contributed by atoms with van der Waals surface area (Å²) >= 11 is 0. The molecule has 0 fully saturated rings. The van der Waals surface area contributed by atoms with E-state index in [0.717, 1.165) is 17.5 Å². The monoisotopic (exact) mass is 716 g/mol. The van der Waals surface area contributed by atoms with Crippen molar-refractivity contribution in [2.75, 3.05) is 0 Å². The molecule has 0 saturated carbocycles. The highest BCUT2D eigenvalue weighted by Crippen LogP contribution is 2.10. The maximum absolute atomic E-state index is 12.1. The van der Waals surface area contributed by atoms with Crippen LogP contribution < -0.4 is 16.4 Å². The molecule has 10 heteroatoms. The zero-order valence-corrected chi connectivity index (χ0v) is 33.4. The number of hydrogen-bond donors (Lipinski definition) is 4. The topological polar surface area (TPSA) is 157 Å². The Balaban J connectivity index is 0. The largest absolute Gasteiger partial charge is 0.480 e. The van der Waals surface area contributed by atoms with E-state index in [0.29, 0.717) is 43.8 Å². The highest BCUT2D eigenvalue weighted by atomic mass is 16.5. The molecule has 0 radical (unpaired) electrons. The number of Topliss-reactive ketones (excluding diaryl/α,β-unsaturated/α-hetero) is 1. The van der Waals surface area contributed by atoms with Crippen molar-refractivity contribution < 1.29 is 33.8 Å². The molecule has 10 nitrogen and oxygen atoms in total. The lowest BCUT2D eigenvalue weighted by Gasteiger charge is -2.21. The molecule has 0 heterocycles. The third kappa shape index (κ3) is 30.9. The van der Waals surface area contributed by atoms with Crippen molar-refractivity contribution >= 4 is 23.7 Å². The van der Waals surface area contributed by atoms with Gasteiger partial charge in [0.25, 0.3) is 0 Å². The van der Waals surface area contributed by atoms with Gasteiger partial charge in [-0.05, 0) is 62.0 Å². The molecule has 0 unspecified atom stereocenters. The van der Waals surface area contributed by atoms with Crippen LogP contribution in [0.1, 0.15) is 113 Å². The minimum Gasteiger partial charge on any atom is -0.480 e. The number of carboxylic acids is 1. The van der Waals surface area contributed by atoms with Crippen LogP contribution in [0, 0.1) is 17.8 Å². The zero-order chi connectivity index (χ0) is 39.5. The lowest BCUT2D eigenvalue weighted by Crippen LogP contribution is -2.42. The Hall–Kier alpha value is -3.60. The summed E-state index contributed by atoms with van der Waals surface area (Å²) in [5, 5.41) is 15.1. The second-order valence-electron chi connectivity index (χ2n) is 14.7. The standard InChI is InChI=1S/C16H25NO2.C13H19NO2.C9H19NO2.C3H6O/c1-12(2)10-15(17-13(3)4)16(18)19-11-14-8-6-5-7-9-14;1-10(2)8-12(14)13(15)16-9-11-6-4-3-5-7-11;1-6(2)5-8(9(11)12)10-7(3)4;1-3(2)4/h5-9,12-13,15,17H,10-11H2,1-4H3;3-7,10,12H,8-9,14H2,1-2H3;6-8,10H,5H2,1-4H3,(H,11,12);1-2H3/t15-;12-;8-;/m000./s1. The summed E-state index contributed by atoms with van der Waals surface area (Å²) < 4.78 is 10.5. The van der Waals surface area contributed by atoms with Crippen molar-refractivity contribution in [1.82, 2.24) is 10.6 Å². The molecule has 0 aliphatic rings. The van der Waals surface area contributed by atoms with Gasteiger partial charge in [-0.2, -0.15) is 0 Å². The number of rotatable bonds is 17. The smallest absolute Gasteiger partial charge is 0.323 e. The SMILES string of the molecule is CC(C)=O.CC(C)C[C@H](N)C(=O)OCc1ccccc1.CC(C)C[C@H](NC(C)C)C(=O)O.CC(C)C[C@H](NC(C)C)C(=O)OCc1ccccc1. The molecule has 0 aromatic heterocycles. The summed E-state index contributed by atoms with van der Waals surface area (Å²) in [5.41, 5.74) is 7.70. The second kappa shape index (κ2) is 29.0. The number of carbonyl (C=O) groups is 4. The fourth-order valence-electron chi connectivity index (χ4n) is 4.49. The summed E-state index contributed by atoms with van der Waals surface area (Å²) in [6, 6.07) is 18.7. The van der Waals surface area contributed by atoms with Crippen LogP contribution in [-0.2, 0) is 41.9 Å². The Morgan fingerprint density at radius 3 is 1.25 bits per heavy atom. The van der Waals surface area contributed by atoms with E-state index >= 15 is 0 Å². The predicted octanol–water partition coefficient (Wildman–Crippen LogP) is 7.32. The number of esters is 2. The second-order valence-corrected chi connectivity index (χ2v) is 14.7. The lowest BCUT2D eigenvalue weighted by atomic mass is 10.0. The number of aliphatic carboxylic acids is 1. The number of carboxylic acid groups (broad SMARTS) is 1. The molecule has 0 spiro atoms. The van der Waals surface area contributed by atoms with Gasteiger partial charge in [-0.3, -0.25) is 14.4 Å². The Kier molecular flexibility index (Phi) is 28.2. The van der Waals surface area contributed by atoms with Gasteiger partial charge in [0.1, 0.15) is 37.1 Å². The van der Waals surface area contributed by atoms with E-state index in [9.17, 15) is 19.2 Å². The summed E-state index contributed by atoms with van der Waals surface area (Å²) in [6.45, 7) is 24.0. The molecule has 0 bridgehead atoms. The molecule has 51 heavy (non-hydrogen) atoms. The van der Waals surface area contributed by atoms with Crippen LogP contribution in [0.15, 0.2) is 60.7 Å². The molecule has 2 aromatic rings. The average molecular weight is 716 g/mol. The number of ether oxygens (including phenoxy) is 2. The van der Waals surface area contributed by atoms with Crippen LogP contribution >= 0.6 is 0 Å². The van der Waals surface area contributed by atoms with Crippen molar-refractivity contribution in [1.29, 1.82) is 0 Å². The van der Waals surface area contributed by atoms with Crippen LogP contribution in [0.25, 0.3) is 0 Å². The maximum atomic E-state index is 12.1. The third-order valence-corrected chi connectivity index (χ3v) is 6.54. The number of carbonyl (C=O) groups excluding carboxylic acids is 3. The van der Waals surface area contributed by atoms with Crippen molar-refractivity contribution in [2.45, 2.75) is 146 Å². The Morgan fingerprint density at radius 1 is 0.588 bits per heavy atom. The van der Waals surface area contributed by atoms with Gasteiger partial charge in [0, 0.05) is 12.1 Å². The average Bonchev–Trinajstić information content (AvgIpc) is 3.02. The van der Waals surface area contributed by atoms with E-state index in [-0.39, 0.29) is 35.8 Å². The van der Waals surface area contributed by atoms with Gasteiger partial charge in [0.15, 0.2) is 0 Å². The molecular weight excluding hydrogens is 646 g/mol. The quantitative estimate of drug-likeness (QED) is 0.122. The first-order valence-electron chi connectivity index (χ1n) is 18.1. The van der Waals surface area contributed by atoms with Gasteiger partial charge in [-0.15, -0.1) is 0 Å². The highest BCUT2D eigenvalue weighted by molar-refractivity contribution is 5.76. The molecule has 0 amide bonds. The van der Waals surface area contributed by atoms with Gasteiger partial charge >= 0.3 is 17.9 Å². The van der Waals surface area contributed by atoms with E-state index in [1.54, 1.807) is 0 Å². The Bertz CT molecular complexity index is 1180. The lowest BCUT2D eigenvalue weighted by molar-refractivity contribution is -0.148. The molecule has 2 rings (SSSR count). The van der Waals surface area contributed by atoms with E-state index in [1.165, 1.54) is 13.8 Å². The molecule has 0 saturated heterocycles. The van der Waals surface area contributed by atoms with Gasteiger partial charge in [0.2, 0.25) is 0 Å². The summed E-state index contributed by atoms with van der Waals surface area (Å²) in [4.78, 5) is 43.8. The third-order valence-electron chi connectivity index (χ3n) is 6.54. The summed E-state index contributed by atoms with van der Waals surface area (Å²) in [6.07, 6.45) is 2.15. The van der Waals surface area contributed by atoms with E-state index in [2.05, 4.69) is 24.5 Å². The molecule has 2 aromatic carbocycles. The molecular formula is C41H69N3O7. The molecule has 0 aliphatic carbocycles. The van der Waals surface area contributed by atoms with Crippen LogP contribution in [-0.4, -0.2) is 59.0 Å². The Labute approximate surface area is 308 Å².